The zero-order chi connectivity index (χ0) is 33.9. The predicted molar refractivity (Wildman–Crippen MR) is 193 cm³/mol. The summed E-state index contributed by atoms with van der Waals surface area (Å²) in [5.41, 5.74) is 9.15. The molecule has 8 rings (SSSR count). The van der Waals surface area contributed by atoms with Gasteiger partial charge in [-0.3, -0.25) is 0 Å². The molecule has 0 aliphatic rings. The van der Waals surface area contributed by atoms with E-state index in [0.717, 1.165) is 62.5 Å². The molecule has 6 heterocycles. The van der Waals surface area contributed by atoms with E-state index < -0.39 is 0 Å². The molecular weight excluding hydrogens is 610 g/mol. The van der Waals surface area contributed by atoms with Crippen LogP contribution in [0.25, 0.3) is 58.2 Å². The number of imidazole rings is 2. The van der Waals surface area contributed by atoms with Crippen LogP contribution in [0.4, 0.5) is 0 Å². The minimum absolute atomic E-state index is 0.605. The summed E-state index contributed by atoms with van der Waals surface area (Å²) in [7, 11) is 1.99. The van der Waals surface area contributed by atoms with Gasteiger partial charge in [0.2, 0.25) is 0 Å². The molecule has 0 radical (unpaired) electrons. The fraction of sp³-hybridized carbons (Fsp3) is 0.132. The van der Waals surface area contributed by atoms with Crippen LogP contribution in [0, 0.1) is 27.7 Å². The molecule has 0 saturated heterocycles. The number of fused-ring (bicyclic) bond motifs is 2. The third-order valence-electron chi connectivity index (χ3n) is 7.95. The SMILES string of the molecule is Cc1cc(C)n2nc(C=Cc3ncc(-c4ccccc4)[nH]3)nc2n1.Cc1ccc(C)n2nc(C=Cc3nc(-c4ccccc4)cn3C)nc12. The van der Waals surface area contributed by atoms with E-state index in [1.807, 2.05) is 135 Å². The monoisotopic (exact) mass is 645 g/mol. The maximum absolute atomic E-state index is 4.70. The lowest BCUT2D eigenvalue weighted by Crippen LogP contribution is -1.97. The van der Waals surface area contributed by atoms with E-state index in [9.17, 15) is 0 Å². The molecule has 49 heavy (non-hydrogen) atoms. The van der Waals surface area contributed by atoms with Crippen molar-refractivity contribution in [1.29, 1.82) is 0 Å². The average molecular weight is 646 g/mol. The molecule has 0 aliphatic carbocycles. The highest BCUT2D eigenvalue weighted by molar-refractivity contribution is 5.68. The summed E-state index contributed by atoms with van der Waals surface area (Å²) in [6.07, 6.45) is 11.4. The van der Waals surface area contributed by atoms with Gasteiger partial charge in [0.05, 0.1) is 17.6 Å². The van der Waals surface area contributed by atoms with E-state index in [0.29, 0.717) is 17.4 Å². The van der Waals surface area contributed by atoms with Gasteiger partial charge in [0.1, 0.15) is 11.6 Å². The molecule has 1 N–H and O–H groups in total. The number of nitrogens with zero attached hydrogens (tertiary/aromatic N) is 10. The first-order chi connectivity index (χ1) is 23.8. The fourth-order valence-corrected chi connectivity index (χ4v) is 5.41. The smallest absolute Gasteiger partial charge is 0.253 e. The van der Waals surface area contributed by atoms with Crippen molar-refractivity contribution in [1.82, 2.24) is 53.7 Å². The van der Waals surface area contributed by atoms with Crippen LogP contribution < -0.4 is 0 Å². The summed E-state index contributed by atoms with van der Waals surface area (Å²) < 4.78 is 5.62. The predicted octanol–water partition coefficient (Wildman–Crippen LogP) is 7.22. The normalized spacial score (nSPS) is 11.6. The van der Waals surface area contributed by atoms with Crippen LogP contribution in [-0.4, -0.2) is 53.7 Å². The van der Waals surface area contributed by atoms with Crippen molar-refractivity contribution >= 4 is 35.7 Å². The summed E-state index contributed by atoms with van der Waals surface area (Å²) in [5.74, 6) is 3.52. The molecule has 11 heteroatoms. The number of aromatic nitrogens is 11. The Labute approximate surface area is 283 Å². The lowest BCUT2D eigenvalue weighted by Gasteiger charge is -1.98. The van der Waals surface area contributed by atoms with Crippen molar-refractivity contribution in [3.63, 3.8) is 0 Å². The minimum atomic E-state index is 0.605. The van der Waals surface area contributed by atoms with Gasteiger partial charge in [-0.05, 0) is 75.3 Å². The Morgan fingerprint density at radius 1 is 0.653 bits per heavy atom. The minimum Gasteiger partial charge on any atom is -0.338 e. The molecule has 11 nitrogen and oxygen atoms in total. The van der Waals surface area contributed by atoms with Gasteiger partial charge in [-0.1, -0.05) is 66.7 Å². The first-order valence-electron chi connectivity index (χ1n) is 15.9. The van der Waals surface area contributed by atoms with Crippen LogP contribution in [0.15, 0.2) is 91.3 Å². The molecule has 242 valence electrons. The summed E-state index contributed by atoms with van der Waals surface area (Å²) in [4.78, 5) is 25.8. The lowest BCUT2D eigenvalue weighted by atomic mass is 10.2. The Bertz CT molecular complexity index is 2400. The molecule has 0 bridgehead atoms. The van der Waals surface area contributed by atoms with Crippen LogP contribution in [0.1, 0.15) is 45.9 Å². The molecule has 8 aromatic rings. The Balaban J connectivity index is 0.000000154. The highest BCUT2D eigenvalue weighted by atomic mass is 15.3. The van der Waals surface area contributed by atoms with Crippen molar-refractivity contribution in [3.8, 4) is 22.5 Å². The molecule has 0 aliphatic heterocycles. The summed E-state index contributed by atoms with van der Waals surface area (Å²) >= 11 is 0. The number of aryl methyl sites for hydroxylation is 5. The van der Waals surface area contributed by atoms with Crippen LogP contribution in [0.3, 0.4) is 0 Å². The van der Waals surface area contributed by atoms with Gasteiger partial charge in [-0.25, -0.2) is 29.0 Å². The zero-order valence-electron chi connectivity index (χ0n) is 27.9. The third kappa shape index (κ3) is 6.82. The molecular formula is C38H35N11. The molecule has 0 fully saturated rings. The van der Waals surface area contributed by atoms with Crippen LogP contribution in [0.5, 0.6) is 0 Å². The number of benzene rings is 2. The topological polar surface area (TPSA) is 120 Å². The van der Waals surface area contributed by atoms with Crippen LogP contribution in [-0.2, 0) is 7.05 Å². The number of pyridine rings is 1. The lowest BCUT2D eigenvalue weighted by molar-refractivity contribution is 0.881. The maximum Gasteiger partial charge on any atom is 0.253 e. The zero-order valence-corrected chi connectivity index (χ0v) is 27.9. The van der Waals surface area contributed by atoms with Gasteiger partial charge in [0.25, 0.3) is 5.78 Å². The summed E-state index contributed by atoms with van der Waals surface area (Å²) in [5, 5.41) is 9.01. The Morgan fingerprint density at radius 2 is 1.35 bits per heavy atom. The van der Waals surface area contributed by atoms with E-state index >= 15 is 0 Å². The van der Waals surface area contributed by atoms with Crippen molar-refractivity contribution in [2.75, 3.05) is 0 Å². The van der Waals surface area contributed by atoms with Gasteiger partial charge in [-0.15, -0.1) is 10.2 Å². The molecule has 0 atom stereocenters. The molecule has 0 amide bonds. The second-order valence-electron chi connectivity index (χ2n) is 11.8. The van der Waals surface area contributed by atoms with Gasteiger partial charge >= 0.3 is 0 Å². The first kappa shape index (κ1) is 31.1. The highest BCUT2D eigenvalue weighted by Crippen LogP contribution is 2.20. The van der Waals surface area contributed by atoms with Gasteiger partial charge < -0.3 is 9.55 Å². The standard InChI is InChI=1S/C20H19N5.C18H16N6/c1-14-9-10-15(2)25-20(14)22-18(23-25)11-12-19-21-17(13-24(19)3)16-7-5-4-6-8-16;1-12-10-13(2)24-18(20-12)22-17(23-24)9-8-16-19-11-15(21-16)14-6-4-3-5-7-14/h4-13H,1-3H3;3-11H,1-2H3,(H,19,21). The van der Waals surface area contributed by atoms with Gasteiger partial charge in [-0.2, -0.15) is 4.98 Å². The average Bonchev–Trinajstić information content (AvgIpc) is 3.92. The largest absolute Gasteiger partial charge is 0.338 e. The number of rotatable bonds is 6. The number of nitrogens with one attached hydrogen (secondary N) is 1. The van der Waals surface area contributed by atoms with Crippen molar-refractivity contribution in [3.05, 3.63) is 137 Å². The maximum atomic E-state index is 4.70. The number of H-pyrrole nitrogens is 1. The van der Waals surface area contributed by atoms with Crippen molar-refractivity contribution < 1.29 is 0 Å². The second-order valence-corrected chi connectivity index (χ2v) is 11.8. The number of aromatic amines is 1. The Hall–Kier alpha value is -6.49. The van der Waals surface area contributed by atoms with E-state index in [2.05, 4.69) is 59.4 Å². The van der Waals surface area contributed by atoms with E-state index in [1.54, 1.807) is 4.52 Å². The van der Waals surface area contributed by atoms with E-state index in [1.165, 1.54) is 0 Å². The molecule has 2 aromatic carbocycles. The summed E-state index contributed by atoms with van der Waals surface area (Å²) in [6.45, 7) is 8.01. The van der Waals surface area contributed by atoms with Crippen LogP contribution >= 0.6 is 0 Å². The number of hydrogen-bond donors (Lipinski definition) is 1. The molecule has 0 spiro atoms. The Morgan fingerprint density at radius 3 is 2.10 bits per heavy atom. The third-order valence-corrected chi connectivity index (χ3v) is 7.95. The van der Waals surface area contributed by atoms with E-state index in [-0.39, 0.29) is 0 Å². The summed E-state index contributed by atoms with van der Waals surface area (Å²) in [6, 6.07) is 26.3. The van der Waals surface area contributed by atoms with Crippen molar-refractivity contribution in [2.45, 2.75) is 27.7 Å². The molecule has 0 saturated carbocycles. The number of hydrogen-bond acceptors (Lipinski definition) is 7. The quantitative estimate of drug-likeness (QED) is 0.203. The second kappa shape index (κ2) is 13.3. The fourth-order valence-electron chi connectivity index (χ4n) is 5.41. The first-order valence-corrected chi connectivity index (χ1v) is 15.9. The van der Waals surface area contributed by atoms with E-state index in [4.69, 9.17) is 4.98 Å². The Kier molecular flexibility index (Phi) is 8.46. The van der Waals surface area contributed by atoms with Gasteiger partial charge in [0, 0.05) is 35.9 Å². The molecule has 0 unspecified atom stereocenters. The van der Waals surface area contributed by atoms with Crippen LogP contribution in [0.2, 0.25) is 0 Å². The molecule has 6 aromatic heterocycles. The highest BCUT2D eigenvalue weighted by Gasteiger charge is 2.09. The van der Waals surface area contributed by atoms with Gasteiger partial charge in [0.15, 0.2) is 17.3 Å². The van der Waals surface area contributed by atoms with Crippen molar-refractivity contribution in [2.24, 2.45) is 7.05 Å².